The predicted octanol–water partition coefficient (Wildman–Crippen LogP) is 1.36. The second-order valence-electron chi connectivity index (χ2n) is 3.36. The molecule has 0 aliphatic carbocycles. The minimum absolute atomic E-state index is 0.105. The SMILES string of the molecule is CN(CCCBr)S(=O)(=O)c1ccc(C#N)nc1. The average molecular weight is 318 g/mol. The van der Waals surface area contributed by atoms with E-state index in [1.54, 1.807) is 0 Å². The van der Waals surface area contributed by atoms with Gasteiger partial charge in [0.25, 0.3) is 0 Å². The second-order valence-corrected chi connectivity index (χ2v) is 6.20. The zero-order chi connectivity index (χ0) is 12.9. The van der Waals surface area contributed by atoms with Gasteiger partial charge in [0, 0.05) is 25.1 Å². The number of alkyl halides is 1. The van der Waals surface area contributed by atoms with Crippen molar-refractivity contribution in [3.63, 3.8) is 0 Å². The molecule has 1 aromatic heterocycles. The fourth-order valence-corrected chi connectivity index (χ4v) is 2.59. The van der Waals surface area contributed by atoms with Crippen molar-refractivity contribution in [2.45, 2.75) is 11.3 Å². The van der Waals surface area contributed by atoms with Crippen molar-refractivity contribution in [1.29, 1.82) is 5.26 Å². The minimum Gasteiger partial charge on any atom is -0.244 e. The number of rotatable bonds is 5. The Balaban J connectivity index is 2.93. The first kappa shape index (κ1) is 14.1. The van der Waals surface area contributed by atoms with Gasteiger partial charge in [-0.15, -0.1) is 0 Å². The van der Waals surface area contributed by atoms with Crippen LogP contribution >= 0.6 is 15.9 Å². The smallest absolute Gasteiger partial charge is 0.244 e. The maximum absolute atomic E-state index is 12.0. The molecule has 0 saturated carbocycles. The van der Waals surface area contributed by atoms with E-state index >= 15 is 0 Å². The molecule has 0 radical (unpaired) electrons. The molecule has 0 saturated heterocycles. The minimum atomic E-state index is -3.50. The van der Waals surface area contributed by atoms with Crippen LogP contribution in [0.1, 0.15) is 12.1 Å². The van der Waals surface area contributed by atoms with Gasteiger partial charge in [0.1, 0.15) is 16.7 Å². The highest BCUT2D eigenvalue weighted by atomic mass is 79.9. The predicted molar refractivity (Wildman–Crippen MR) is 67.2 cm³/mol. The lowest BCUT2D eigenvalue weighted by molar-refractivity contribution is 0.469. The standard InChI is InChI=1S/C10H12BrN3O2S/c1-14(6-2-5-11)17(15,16)10-4-3-9(7-12)13-8-10/h3-4,8H,2,5-6H2,1H3. The summed E-state index contributed by atoms with van der Waals surface area (Å²) in [6.45, 7) is 0.438. The number of halogens is 1. The van der Waals surface area contributed by atoms with Gasteiger partial charge in [-0.3, -0.25) is 0 Å². The molecule has 0 aromatic carbocycles. The summed E-state index contributed by atoms with van der Waals surface area (Å²) in [5, 5.41) is 9.33. The zero-order valence-corrected chi connectivity index (χ0v) is 11.7. The summed E-state index contributed by atoms with van der Waals surface area (Å²) in [6.07, 6.45) is 1.94. The van der Waals surface area contributed by atoms with Crippen LogP contribution in [-0.2, 0) is 10.0 Å². The van der Waals surface area contributed by atoms with Crippen molar-refractivity contribution in [1.82, 2.24) is 9.29 Å². The molecule has 7 heteroatoms. The van der Waals surface area contributed by atoms with Gasteiger partial charge >= 0.3 is 0 Å². The summed E-state index contributed by atoms with van der Waals surface area (Å²) in [7, 11) is -1.97. The monoisotopic (exact) mass is 317 g/mol. The van der Waals surface area contributed by atoms with Gasteiger partial charge in [-0.2, -0.15) is 5.26 Å². The van der Waals surface area contributed by atoms with Crippen LogP contribution in [0.3, 0.4) is 0 Å². The van der Waals surface area contributed by atoms with E-state index in [2.05, 4.69) is 20.9 Å². The van der Waals surface area contributed by atoms with Crippen LogP contribution < -0.4 is 0 Å². The molecule has 1 heterocycles. The number of pyridine rings is 1. The first-order valence-electron chi connectivity index (χ1n) is 4.91. The van der Waals surface area contributed by atoms with Crippen LogP contribution in [0.25, 0.3) is 0 Å². The molecule has 1 rings (SSSR count). The van der Waals surface area contributed by atoms with Crippen LogP contribution in [0.2, 0.25) is 0 Å². The van der Waals surface area contributed by atoms with E-state index in [0.29, 0.717) is 6.54 Å². The van der Waals surface area contributed by atoms with Crippen molar-refractivity contribution < 1.29 is 8.42 Å². The summed E-state index contributed by atoms with van der Waals surface area (Å²) < 4.78 is 25.3. The first-order chi connectivity index (χ1) is 8.02. The fourth-order valence-electron chi connectivity index (χ4n) is 1.18. The molecule has 0 bridgehead atoms. The number of sulfonamides is 1. The fraction of sp³-hybridized carbons (Fsp3) is 0.400. The summed E-state index contributed by atoms with van der Waals surface area (Å²) in [5.74, 6) is 0. The normalized spacial score (nSPS) is 11.4. The molecule has 0 aliphatic rings. The van der Waals surface area contributed by atoms with Gasteiger partial charge in [-0.1, -0.05) is 15.9 Å². The Hall–Kier alpha value is -0.970. The van der Waals surface area contributed by atoms with Crippen molar-refractivity contribution in [2.24, 2.45) is 0 Å². The molecule has 92 valence electrons. The summed E-state index contributed by atoms with van der Waals surface area (Å²) in [6, 6.07) is 4.63. The summed E-state index contributed by atoms with van der Waals surface area (Å²) >= 11 is 3.25. The van der Waals surface area contributed by atoms with E-state index in [1.165, 1.54) is 29.7 Å². The Labute approximate surface area is 109 Å². The van der Waals surface area contributed by atoms with Crippen LogP contribution in [0.15, 0.2) is 23.2 Å². The lowest BCUT2D eigenvalue weighted by atomic mass is 10.4. The number of hydrogen-bond acceptors (Lipinski definition) is 4. The van der Waals surface area contributed by atoms with Gasteiger partial charge in [0.2, 0.25) is 10.0 Å². The molecule has 0 N–H and O–H groups in total. The molecule has 17 heavy (non-hydrogen) atoms. The Morgan fingerprint density at radius 2 is 2.24 bits per heavy atom. The highest BCUT2D eigenvalue weighted by Gasteiger charge is 2.20. The molecule has 0 aliphatic heterocycles. The molecule has 0 fully saturated rings. The maximum Gasteiger partial charge on any atom is 0.244 e. The summed E-state index contributed by atoms with van der Waals surface area (Å²) in [4.78, 5) is 3.86. The summed E-state index contributed by atoms with van der Waals surface area (Å²) in [5.41, 5.74) is 0.201. The molecule has 1 aromatic rings. The van der Waals surface area contributed by atoms with Crippen LogP contribution in [0.4, 0.5) is 0 Å². The molecule has 5 nitrogen and oxygen atoms in total. The number of nitrogens with zero attached hydrogens (tertiary/aromatic N) is 3. The van der Waals surface area contributed by atoms with Crippen molar-refractivity contribution >= 4 is 26.0 Å². The van der Waals surface area contributed by atoms with E-state index in [9.17, 15) is 8.42 Å². The molecule has 0 amide bonds. The van der Waals surface area contributed by atoms with E-state index in [4.69, 9.17) is 5.26 Å². The van der Waals surface area contributed by atoms with Gasteiger partial charge in [-0.05, 0) is 18.6 Å². The maximum atomic E-state index is 12.0. The second kappa shape index (κ2) is 6.10. The van der Waals surface area contributed by atoms with Crippen LogP contribution in [0, 0.1) is 11.3 Å². The zero-order valence-electron chi connectivity index (χ0n) is 9.30. The lowest BCUT2D eigenvalue weighted by Crippen LogP contribution is -2.28. The molecule has 0 unspecified atom stereocenters. The van der Waals surface area contributed by atoms with Crippen molar-refractivity contribution in [3.8, 4) is 6.07 Å². The van der Waals surface area contributed by atoms with Crippen molar-refractivity contribution in [3.05, 3.63) is 24.0 Å². The molecular formula is C10H12BrN3O2S. The van der Waals surface area contributed by atoms with Gasteiger partial charge in [0.15, 0.2) is 0 Å². The van der Waals surface area contributed by atoms with E-state index in [0.717, 1.165) is 11.8 Å². The number of hydrogen-bond donors (Lipinski definition) is 0. The lowest BCUT2D eigenvalue weighted by Gasteiger charge is -2.16. The third-order valence-corrected chi connectivity index (χ3v) is 4.57. The third-order valence-electron chi connectivity index (χ3n) is 2.17. The molecule has 0 spiro atoms. The quantitative estimate of drug-likeness (QED) is 0.768. The van der Waals surface area contributed by atoms with Crippen molar-refractivity contribution in [2.75, 3.05) is 18.9 Å². The Bertz CT molecular complexity index is 507. The molecule has 0 atom stereocenters. The molecular weight excluding hydrogens is 306 g/mol. The van der Waals surface area contributed by atoms with E-state index in [-0.39, 0.29) is 10.6 Å². The highest BCUT2D eigenvalue weighted by Crippen LogP contribution is 2.13. The van der Waals surface area contributed by atoms with Gasteiger partial charge in [0.05, 0.1) is 0 Å². The van der Waals surface area contributed by atoms with E-state index < -0.39 is 10.0 Å². The van der Waals surface area contributed by atoms with Crippen LogP contribution in [-0.4, -0.2) is 36.6 Å². The van der Waals surface area contributed by atoms with Crippen LogP contribution in [0.5, 0.6) is 0 Å². The van der Waals surface area contributed by atoms with Gasteiger partial charge < -0.3 is 0 Å². The largest absolute Gasteiger partial charge is 0.244 e. The highest BCUT2D eigenvalue weighted by molar-refractivity contribution is 9.09. The average Bonchev–Trinajstić information content (AvgIpc) is 2.35. The third kappa shape index (κ3) is 3.49. The Morgan fingerprint density at radius 3 is 2.71 bits per heavy atom. The Morgan fingerprint density at radius 1 is 1.53 bits per heavy atom. The van der Waals surface area contributed by atoms with Gasteiger partial charge in [-0.25, -0.2) is 17.7 Å². The number of nitriles is 1. The topological polar surface area (TPSA) is 74.1 Å². The van der Waals surface area contributed by atoms with E-state index in [1.807, 2.05) is 6.07 Å². The first-order valence-corrected chi connectivity index (χ1v) is 7.47. The number of aromatic nitrogens is 1. The Kier molecular flexibility index (Phi) is 5.05.